The van der Waals surface area contributed by atoms with Crippen LogP contribution in [-0.2, 0) is 19.1 Å². The first-order valence-electron chi connectivity index (χ1n) is 11.8. The maximum absolute atomic E-state index is 12.4. The number of carbonyl (C=O) groups is 3. The van der Waals surface area contributed by atoms with Crippen LogP contribution in [0.4, 0.5) is 4.79 Å². The van der Waals surface area contributed by atoms with E-state index < -0.39 is 5.60 Å². The van der Waals surface area contributed by atoms with Gasteiger partial charge in [0.1, 0.15) is 11.2 Å². The molecule has 6 aliphatic rings. The maximum Gasteiger partial charge on any atom is 0.314 e. The number of nitrogens with one attached hydrogen (secondary N) is 2. The molecule has 2 amide bonds. The Morgan fingerprint density at radius 3 is 2.68 bits per heavy atom. The van der Waals surface area contributed by atoms with E-state index in [9.17, 15) is 14.4 Å². The van der Waals surface area contributed by atoms with Gasteiger partial charge in [0.25, 0.3) is 0 Å². The lowest BCUT2D eigenvalue weighted by atomic mass is 9.45. The number of epoxide rings is 1. The molecule has 0 aromatic rings. The molecule has 0 aromatic carbocycles. The van der Waals surface area contributed by atoms with Gasteiger partial charge in [0.05, 0.1) is 6.10 Å². The van der Waals surface area contributed by atoms with Crippen molar-refractivity contribution in [3.63, 3.8) is 0 Å². The van der Waals surface area contributed by atoms with Crippen LogP contribution in [0.3, 0.4) is 0 Å². The largest absolute Gasteiger partial charge is 0.458 e. The van der Waals surface area contributed by atoms with Crippen LogP contribution in [0, 0.1) is 22.7 Å². The highest BCUT2D eigenvalue weighted by atomic mass is 16.6. The summed E-state index contributed by atoms with van der Waals surface area (Å²) in [6.07, 6.45) is 7.98. The van der Waals surface area contributed by atoms with Crippen molar-refractivity contribution in [3.05, 3.63) is 11.6 Å². The molecule has 168 valence electrons. The smallest absolute Gasteiger partial charge is 0.314 e. The Hall–Kier alpha value is -1.89. The maximum atomic E-state index is 12.4. The normalized spacial score (nSPS) is 51.8. The highest BCUT2D eigenvalue weighted by Crippen LogP contribution is 2.77. The standard InChI is InChI=1S/C24H32N2O5/c1-21-7-4-14(27)10-13(21)11-16(26-20(29)25-3)19-15-5-8-23(9-6-18(28)31-23)22(15,2)12-17-24(19,21)30-17/h10,15-17,19H,4-9,11-12H2,1-3H3,(H2,25,26,29)/t15?,16-,17+,19?,21+,22+,23-,24-/m1/s1. The van der Waals surface area contributed by atoms with E-state index in [2.05, 4.69) is 24.5 Å². The molecule has 7 nitrogen and oxygen atoms in total. The predicted molar refractivity (Wildman–Crippen MR) is 111 cm³/mol. The van der Waals surface area contributed by atoms with Gasteiger partial charge in [-0.25, -0.2) is 4.79 Å². The molecule has 2 N–H and O–H groups in total. The number of hydrogen-bond donors (Lipinski definition) is 2. The van der Waals surface area contributed by atoms with E-state index in [4.69, 9.17) is 9.47 Å². The zero-order valence-electron chi connectivity index (χ0n) is 18.6. The van der Waals surface area contributed by atoms with E-state index in [1.54, 1.807) is 7.05 Å². The van der Waals surface area contributed by atoms with Crippen LogP contribution in [0.15, 0.2) is 11.6 Å². The molecule has 2 unspecified atom stereocenters. The number of rotatable bonds is 1. The summed E-state index contributed by atoms with van der Waals surface area (Å²) in [7, 11) is 1.63. The summed E-state index contributed by atoms with van der Waals surface area (Å²) in [5.41, 5.74) is 0.0541. The van der Waals surface area contributed by atoms with Gasteiger partial charge < -0.3 is 20.1 Å². The summed E-state index contributed by atoms with van der Waals surface area (Å²) in [6, 6.07) is -0.303. The third kappa shape index (κ3) is 2.21. The first kappa shape index (κ1) is 19.8. The van der Waals surface area contributed by atoms with Gasteiger partial charge in [-0.05, 0) is 50.5 Å². The van der Waals surface area contributed by atoms with Crippen molar-refractivity contribution in [2.24, 2.45) is 22.7 Å². The lowest BCUT2D eigenvalue weighted by Crippen LogP contribution is -2.66. The van der Waals surface area contributed by atoms with E-state index in [1.807, 2.05) is 6.08 Å². The van der Waals surface area contributed by atoms with Gasteiger partial charge in [-0.1, -0.05) is 19.4 Å². The zero-order valence-corrected chi connectivity index (χ0v) is 18.6. The number of hydrogen-bond acceptors (Lipinski definition) is 5. The number of ether oxygens (including phenoxy) is 2. The fourth-order valence-corrected chi connectivity index (χ4v) is 8.69. The molecule has 8 atom stereocenters. The van der Waals surface area contributed by atoms with Crippen LogP contribution < -0.4 is 10.6 Å². The lowest BCUT2D eigenvalue weighted by molar-refractivity contribution is -0.165. The van der Waals surface area contributed by atoms with Crippen molar-refractivity contribution in [3.8, 4) is 0 Å². The van der Waals surface area contributed by atoms with E-state index in [0.717, 1.165) is 37.7 Å². The molecule has 0 aromatic heterocycles. The Labute approximate surface area is 182 Å². The van der Waals surface area contributed by atoms with Crippen molar-refractivity contribution in [1.29, 1.82) is 0 Å². The third-order valence-electron chi connectivity index (χ3n) is 10.3. The second kappa shape index (κ2) is 5.91. The number of amides is 2. The Morgan fingerprint density at radius 2 is 1.97 bits per heavy atom. The van der Waals surface area contributed by atoms with Crippen molar-refractivity contribution >= 4 is 17.8 Å². The molecule has 31 heavy (non-hydrogen) atoms. The fourth-order valence-electron chi connectivity index (χ4n) is 8.69. The molecule has 2 heterocycles. The minimum Gasteiger partial charge on any atom is -0.458 e. The molecular weight excluding hydrogens is 396 g/mol. The van der Waals surface area contributed by atoms with Gasteiger partial charge in [-0.15, -0.1) is 0 Å². The summed E-state index contributed by atoms with van der Waals surface area (Å²) in [4.78, 5) is 36.9. The summed E-state index contributed by atoms with van der Waals surface area (Å²) in [5.74, 6) is 0.538. The molecular formula is C24H32N2O5. The Morgan fingerprint density at radius 1 is 1.16 bits per heavy atom. The van der Waals surface area contributed by atoms with Crippen LogP contribution >= 0.6 is 0 Å². The Bertz CT molecular complexity index is 931. The van der Waals surface area contributed by atoms with Crippen molar-refractivity contribution in [2.75, 3.05) is 7.05 Å². The van der Waals surface area contributed by atoms with Crippen LogP contribution in [-0.4, -0.2) is 48.2 Å². The minimum absolute atomic E-state index is 0.0731. The average molecular weight is 429 g/mol. The Kier molecular flexibility index (Phi) is 3.77. The molecule has 0 bridgehead atoms. The third-order valence-corrected chi connectivity index (χ3v) is 10.3. The van der Waals surface area contributed by atoms with Crippen molar-refractivity contribution < 1.29 is 23.9 Å². The van der Waals surface area contributed by atoms with Crippen LogP contribution in [0.2, 0.25) is 0 Å². The average Bonchev–Trinajstić information content (AvgIpc) is 3.21. The second-order valence-corrected chi connectivity index (χ2v) is 11.2. The van der Waals surface area contributed by atoms with Gasteiger partial charge in [-0.3, -0.25) is 9.59 Å². The van der Waals surface area contributed by atoms with Crippen LogP contribution in [0.1, 0.15) is 65.2 Å². The van der Waals surface area contributed by atoms with E-state index in [-0.39, 0.29) is 52.3 Å². The van der Waals surface area contributed by atoms with Crippen molar-refractivity contribution in [2.45, 2.75) is 88.6 Å². The monoisotopic (exact) mass is 428 g/mol. The number of urea groups is 1. The summed E-state index contributed by atoms with van der Waals surface area (Å²) in [5, 5.41) is 5.91. The highest BCUT2D eigenvalue weighted by molar-refractivity contribution is 5.92. The molecule has 7 heteroatoms. The van der Waals surface area contributed by atoms with Crippen molar-refractivity contribution in [1.82, 2.24) is 10.6 Å². The number of carbonyl (C=O) groups excluding carboxylic acids is 3. The van der Waals surface area contributed by atoms with Gasteiger partial charge in [0, 0.05) is 42.7 Å². The molecule has 3 saturated carbocycles. The molecule has 2 saturated heterocycles. The first-order valence-corrected chi connectivity index (χ1v) is 11.8. The van der Waals surface area contributed by atoms with Gasteiger partial charge >= 0.3 is 12.0 Å². The summed E-state index contributed by atoms with van der Waals surface area (Å²) < 4.78 is 12.7. The molecule has 0 radical (unpaired) electrons. The quantitative estimate of drug-likeness (QED) is 0.494. The zero-order chi connectivity index (χ0) is 21.8. The second-order valence-electron chi connectivity index (χ2n) is 11.2. The number of fused-ring (bicyclic) bond motifs is 4. The predicted octanol–water partition coefficient (Wildman–Crippen LogP) is 2.63. The van der Waals surface area contributed by atoms with Gasteiger partial charge in [0.15, 0.2) is 5.78 Å². The topological polar surface area (TPSA) is 97.0 Å². The van der Waals surface area contributed by atoms with Gasteiger partial charge in [0.2, 0.25) is 0 Å². The summed E-state index contributed by atoms with van der Waals surface area (Å²) >= 11 is 0. The van der Waals surface area contributed by atoms with E-state index in [1.165, 1.54) is 0 Å². The molecule has 2 aliphatic heterocycles. The number of ketones is 1. The molecule has 6 rings (SSSR count). The number of esters is 1. The minimum atomic E-state index is -0.399. The van der Waals surface area contributed by atoms with Crippen LogP contribution in [0.5, 0.6) is 0 Å². The van der Waals surface area contributed by atoms with E-state index in [0.29, 0.717) is 25.2 Å². The molecule has 4 aliphatic carbocycles. The fraction of sp³-hybridized carbons (Fsp3) is 0.792. The van der Waals surface area contributed by atoms with Gasteiger partial charge in [-0.2, -0.15) is 0 Å². The Balaban J connectivity index is 1.46. The van der Waals surface area contributed by atoms with Crippen LogP contribution in [0.25, 0.3) is 0 Å². The first-order chi connectivity index (χ1) is 14.7. The molecule has 5 fully saturated rings. The SMILES string of the molecule is CNC(=O)N[C@@H]1CC2=CC(=O)CC[C@]2(C)[C@@]23O[C@H]2C[C@@]2(C)C(CC[C@@]24CCC(=O)O4)C13. The highest BCUT2D eigenvalue weighted by Gasteiger charge is 2.83. The summed E-state index contributed by atoms with van der Waals surface area (Å²) in [6.45, 7) is 4.57. The van der Waals surface area contributed by atoms with E-state index >= 15 is 0 Å². The lowest BCUT2D eigenvalue weighted by Gasteiger charge is -2.59. The molecule has 2 spiro atoms.